The van der Waals surface area contributed by atoms with Crippen LogP contribution in [-0.4, -0.2) is 5.97 Å². The summed E-state index contributed by atoms with van der Waals surface area (Å²) in [4.78, 5) is 13.2. The number of halogens is 2. The Labute approximate surface area is 61.3 Å². The Bertz CT molecular complexity index is 273. The highest BCUT2D eigenvalue weighted by Crippen LogP contribution is 2.07. The second-order valence-corrected chi connectivity index (χ2v) is 1.84. The van der Waals surface area contributed by atoms with E-state index in [0.29, 0.717) is 0 Å². The molecule has 0 spiro atoms. The summed E-state index contributed by atoms with van der Waals surface area (Å²) in [7, 11) is 0. The minimum absolute atomic E-state index is 0.407. The summed E-state index contributed by atoms with van der Waals surface area (Å²) < 4.78 is 23.8. The monoisotopic (exact) mass is 158 g/mol. The van der Waals surface area contributed by atoms with E-state index >= 15 is 0 Å². The van der Waals surface area contributed by atoms with Crippen LogP contribution in [0.5, 0.6) is 0 Å². The number of carbonyl (C=O) groups excluding carboxylic acids is 1. The average Bonchev–Trinajstić information content (AvgIpc) is 2.04. The Morgan fingerprint density at radius 1 is 1.36 bits per heavy atom. The summed E-state index contributed by atoms with van der Waals surface area (Å²) >= 11 is 0. The van der Waals surface area contributed by atoms with Gasteiger partial charge in [-0.2, -0.15) is 0 Å². The highest BCUT2D eigenvalue weighted by Gasteiger charge is 2.11. The van der Waals surface area contributed by atoms with E-state index in [0.717, 1.165) is 12.1 Å². The van der Waals surface area contributed by atoms with Crippen LogP contribution in [0.2, 0.25) is 0 Å². The van der Waals surface area contributed by atoms with Crippen LogP contribution < -0.4 is 0 Å². The van der Waals surface area contributed by atoms with Gasteiger partial charge in [0.25, 0.3) is 0 Å². The highest BCUT2D eigenvalue weighted by molar-refractivity contribution is 5.89. The zero-order chi connectivity index (χ0) is 8.27. The second-order valence-electron chi connectivity index (χ2n) is 1.84. The zero-order valence-corrected chi connectivity index (χ0v) is 5.38. The van der Waals surface area contributed by atoms with E-state index in [1.54, 1.807) is 0 Å². The number of rotatable bonds is 1. The van der Waals surface area contributed by atoms with E-state index in [2.05, 4.69) is 4.94 Å². The van der Waals surface area contributed by atoms with Crippen LogP contribution in [0.25, 0.3) is 0 Å². The number of hydrogen-bond acceptors (Lipinski definition) is 2. The zero-order valence-electron chi connectivity index (χ0n) is 5.38. The fourth-order valence-corrected chi connectivity index (χ4v) is 0.668. The predicted molar refractivity (Wildman–Crippen MR) is 32.9 cm³/mol. The molecule has 1 aromatic carbocycles. The minimum atomic E-state index is -1.32. The summed E-state index contributed by atoms with van der Waals surface area (Å²) in [5.74, 6) is -2.11. The second kappa shape index (κ2) is 3.09. The number of carbonyl (C=O) groups is 1. The molecule has 0 aliphatic rings. The number of benzene rings is 1. The van der Waals surface area contributed by atoms with Gasteiger partial charge in [0.1, 0.15) is 5.82 Å². The summed E-state index contributed by atoms with van der Waals surface area (Å²) in [6.07, 6.45) is 0. The molecule has 0 bridgehead atoms. The fourth-order valence-electron chi connectivity index (χ4n) is 0.668. The van der Waals surface area contributed by atoms with Crippen LogP contribution in [0.3, 0.4) is 0 Å². The van der Waals surface area contributed by atoms with Gasteiger partial charge in [-0.3, -0.25) is 0 Å². The number of hydrogen-bond donors (Lipinski definition) is 0. The summed E-state index contributed by atoms with van der Waals surface area (Å²) in [5, 5.41) is 0. The van der Waals surface area contributed by atoms with Gasteiger partial charge in [-0.15, -0.1) is 0 Å². The predicted octanol–water partition coefficient (Wildman–Crippen LogP) is 1.87. The molecule has 0 unspecified atom stereocenters. The third-order valence-electron chi connectivity index (χ3n) is 1.16. The van der Waals surface area contributed by atoms with Gasteiger partial charge >= 0.3 is 5.97 Å². The lowest BCUT2D eigenvalue weighted by molar-refractivity contribution is -0.0791. The lowest BCUT2D eigenvalue weighted by Crippen LogP contribution is -2.01. The van der Waals surface area contributed by atoms with Crippen molar-refractivity contribution in [3.8, 4) is 0 Å². The maximum absolute atomic E-state index is 12.6. The van der Waals surface area contributed by atoms with Crippen molar-refractivity contribution >= 4 is 5.97 Å². The molecule has 0 heterocycles. The van der Waals surface area contributed by atoms with Gasteiger partial charge in [-0.05, 0) is 12.1 Å². The van der Waals surface area contributed by atoms with Crippen LogP contribution in [0, 0.1) is 5.82 Å². The van der Waals surface area contributed by atoms with Crippen molar-refractivity contribution in [2.75, 3.05) is 0 Å². The molecular weight excluding hydrogens is 154 g/mol. The van der Waals surface area contributed by atoms with Crippen LogP contribution in [0.4, 0.5) is 8.92 Å². The molecule has 1 rings (SSSR count). The van der Waals surface area contributed by atoms with Crippen LogP contribution in [-0.2, 0) is 4.94 Å². The average molecular weight is 158 g/mol. The first-order valence-electron chi connectivity index (χ1n) is 2.83. The Balaban J connectivity index is 3.03. The van der Waals surface area contributed by atoms with E-state index in [-0.39, 0.29) is 0 Å². The first kappa shape index (κ1) is 7.65. The first-order chi connectivity index (χ1) is 5.25. The van der Waals surface area contributed by atoms with Crippen molar-refractivity contribution in [2.45, 2.75) is 0 Å². The molecule has 58 valence electrons. The van der Waals surface area contributed by atoms with Gasteiger partial charge in [-0.25, -0.2) is 14.1 Å². The molecule has 11 heavy (non-hydrogen) atoms. The molecular formula is C7H4F2O2. The molecule has 0 aliphatic heterocycles. The minimum Gasteiger partial charge on any atom is -0.249 e. The Kier molecular flexibility index (Phi) is 2.15. The van der Waals surface area contributed by atoms with Gasteiger partial charge in [0.15, 0.2) is 0 Å². The van der Waals surface area contributed by atoms with Crippen molar-refractivity contribution in [1.82, 2.24) is 0 Å². The van der Waals surface area contributed by atoms with Gasteiger partial charge in [0.05, 0.1) is 5.56 Å². The van der Waals surface area contributed by atoms with E-state index in [4.69, 9.17) is 0 Å². The van der Waals surface area contributed by atoms with Gasteiger partial charge in [0.2, 0.25) is 0 Å². The van der Waals surface area contributed by atoms with Crippen molar-refractivity contribution in [2.24, 2.45) is 0 Å². The van der Waals surface area contributed by atoms with Gasteiger partial charge in [0, 0.05) is 4.53 Å². The quantitative estimate of drug-likeness (QED) is 0.623. The van der Waals surface area contributed by atoms with Crippen LogP contribution in [0.15, 0.2) is 24.3 Å². The van der Waals surface area contributed by atoms with E-state index in [1.807, 2.05) is 0 Å². The summed E-state index contributed by atoms with van der Waals surface area (Å²) in [5.41, 5.74) is -0.407. The maximum Gasteiger partial charge on any atom is 0.382 e. The molecule has 0 amide bonds. The smallest absolute Gasteiger partial charge is 0.249 e. The fraction of sp³-hybridized carbons (Fsp3) is 0. The molecule has 0 radical (unpaired) electrons. The standard InChI is InChI=1S/C7H4F2O2/c8-6-4-2-1-3-5(6)7(10)11-9/h1-4H. The largest absolute Gasteiger partial charge is 0.382 e. The third-order valence-corrected chi connectivity index (χ3v) is 1.16. The van der Waals surface area contributed by atoms with Crippen molar-refractivity contribution in [3.63, 3.8) is 0 Å². The molecule has 2 nitrogen and oxygen atoms in total. The first-order valence-corrected chi connectivity index (χ1v) is 2.83. The van der Waals surface area contributed by atoms with E-state index in [1.165, 1.54) is 12.1 Å². The molecule has 4 heteroatoms. The van der Waals surface area contributed by atoms with Crippen molar-refractivity contribution < 1.29 is 18.7 Å². The van der Waals surface area contributed by atoms with Crippen LogP contribution >= 0.6 is 0 Å². The molecule has 0 saturated heterocycles. The Morgan fingerprint density at radius 2 is 2.00 bits per heavy atom. The van der Waals surface area contributed by atoms with E-state index in [9.17, 15) is 13.7 Å². The Hall–Kier alpha value is -1.45. The molecule has 0 fully saturated rings. The summed E-state index contributed by atoms with van der Waals surface area (Å²) in [6, 6.07) is 4.99. The third kappa shape index (κ3) is 1.52. The molecule has 0 saturated carbocycles. The molecule has 0 atom stereocenters. The van der Waals surface area contributed by atoms with Crippen molar-refractivity contribution in [3.05, 3.63) is 35.6 Å². The SMILES string of the molecule is O=C(OF)c1ccccc1F. The molecule has 1 aromatic rings. The molecule has 0 aliphatic carbocycles. The van der Waals surface area contributed by atoms with Gasteiger partial charge in [-0.1, -0.05) is 12.1 Å². The lowest BCUT2D eigenvalue weighted by atomic mass is 10.2. The lowest BCUT2D eigenvalue weighted by Gasteiger charge is -1.94. The molecule has 0 aromatic heterocycles. The Morgan fingerprint density at radius 3 is 2.55 bits per heavy atom. The highest BCUT2D eigenvalue weighted by atomic mass is 19.3. The van der Waals surface area contributed by atoms with Crippen LogP contribution in [0.1, 0.15) is 10.4 Å². The van der Waals surface area contributed by atoms with Crippen molar-refractivity contribution in [1.29, 1.82) is 0 Å². The molecule has 0 N–H and O–H groups in total. The maximum atomic E-state index is 12.6. The van der Waals surface area contributed by atoms with E-state index < -0.39 is 17.3 Å². The van der Waals surface area contributed by atoms with Gasteiger partial charge < -0.3 is 0 Å². The normalized spacial score (nSPS) is 9.27. The summed E-state index contributed by atoms with van der Waals surface area (Å²) in [6.45, 7) is 0. The topological polar surface area (TPSA) is 26.3 Å².